The van der Waals surface area contributed by atoms with Gasteiger partial charge in [0.15, 0.2) is 0 Å². The first-order valence-electron chi connectivity index (χ1n) is 5.79. The number of rotatable bonds is 3. The van der Waals surface area contributed by atoms with E-state index in [2.05, 4.69) is 31.4 Å². The first-order chi connectivity index (χ1) is 7.83. The fourth-order valence-electron chi connectivity index (χ4n) is 1.48. The van der Waals surface area contributed by atoms with Gasteiger partial charge in [0.2, 0.25) is 0 Å². The lowest BCUT2D eigenvalue weighted by atomic mass is 10.1. The molecule has 0 spiro atoms. The zero-order valence-electron chi connectivity index (χ0n) is 10.9. The Balaban J connectivity index is 2.90. The number of anilines is 2. The average molecular weight is 235 g/mol. The molecule has 0 radical (unpaired) electrons. The first-order valence-corrected chi connectivity index (χ1v) is 5.79. The van der Waals surface area contributed by atoms with Crippen LogP contribution in [0.25, 0.3) is 0 Å². The second-order valence-corrected chi connectivity index (χ2v) is 5.04. The SMILES string of the molecule is CCNC(=O)c1ccc(NC(C)(C)C)c(N)c1. The van der Waals surface area contributed by atoms with Gasteiger partial charge in [0.05, 0.1) is 11.4 Å². The monoisotopic (exact) mass is 235 g/mol. The van der Waals surface area contributed by atoms with E-state index in [4.69, 9.17) is 5.73 Å². The number of hydrogen-bond donors (Lipinski definition) is 3. The van der Waals surface area contributed by atoms with E-state index < -0.39 is 0 Å². The van der Waals surface area contributed by atoms with Crippen LogP contribution in [0.3, 0.4) is 0 Å². The highest BCUT2D eigenvalue weighted by atomic mass is 16.1. The molecule has 0 heterocycles. The number of benzene rings is 1. The lowest BCUT2D eigenvalue weighted by molar-refractivity contribution is 0.0956. The Bertz CT molecular complexity index is 408. The molecule has 0 bridgehead atoms. The molecule has 0 aliphatic rings. The summed E-state index contributed by atoms with van der Waals surface area (Å²) >= 11 is 0. The summed E-state index contributed by atoms with van der Waals surface area (Å²) in [7, 11) is 0. The molecule has 0 fully saturated rings. The maximum Gasteiger partial charge on any atom is 0.251 e. The normalized spacial score (nSPS) is 11.1. The van der Waals surface area contributed by atoms with Gasteiger partial charge < -0.3 is 16.4 Å². The molecule has 17 heavy (non-hydrogen) atoms. The van der Waals surface area contributed by atoms with Gasteiger partial charge in [-0.1, -0.05) is 0 Å². The zero-order valence-corrected chi connectivity index (χ0v) is 10.9. The van der Waals surface area contributed by atoms with Gasteiger partial charge in [-0.05, 0) is 45.9 Å². The minimum atomic E-state index is -0.0958. The largest absolute Gasteiger partial charge is 0.397 e. The van der Waals surface area contributed by atoms with Crippen molar-refractivity contribution < 1.29 is 4.79 Å². The minimum absolute atomic E-state index is 0.0543. The Morgan fingerprint density at radius 3 is 2.47 bits per heavy atom. The Kier molecular flexibility index (Phi) is 3.99. The molecule has 94 valence electrons. The number of nitrogens with one attached hydrogen (secondary N) is 2. The number of amides is 1. The third-order valence-corrected chi connectivity index (χ3v) is 2.16. The maximum atomic E-state index is 11.6. The van der Waals surface area contributed by atoms with E-state index in [0.29, 0.717) is 17.8 Å². The Morgan fingerprint density at radius 1 is 1.35 bits per heavy atom. The summed E-state index contributed by atoms with van der Waals surface area (Å²) in [6.45, 7) is 8.68. The smallest absolute Gasteiger partial charge is 0.251 e. The topological polar surface area (TPSA) is 67.2 Å². The van der Waals surface area contributed by atoms with Crippen molar-refractivity contribution in [2.45, 2.75) is 33.2 Å². The predicted octanol–water partition coefficient (Wildman–Crippen LogP) is 2.23. The molecule has 0 aliphatic carbocycles. The van der Waals surface area contributed by atoms with E-state index >= 15 is 0 Å². The first kappa shape index (κ1) is 13.4. The molecular formula is C13H21N3O. The molecule has 1 aromatic rings. The Hall–Kier alpha value is -1.71. The number of nitrogen functional groups attached to an aromatic ring is 1. The van der Waals surface area contributed by atoms with Gasteiger partial charge in [0.1, 0.15) is 0 Å². The summed E-state index contributed by atoms with van der Waals surface area (Å²) in [6.07, 6.45) is 0. The Morgan fingerprint density at radius 2 is 2.00 bits per heavy atom. The van der Waals surface area contributed by atoms with E-state index in [-0.39, 0.29) is 11.4 Å². The van der Waals surface area contributed by atoms with Gasteiger partial charge in [0, 0.05) is 17.6 Å². The Labute approximate surface area is 103 Å². The van der Waals surface area contributed by atoms with Crippen LogP contribution in [0.2, 0.25) is 0 Å². The van der Waals surface area contributed by atoms with Crippen LogP contribution >= 0.6 is 0 Å². The molecule has 0 saturated carbocycles. The fraction of sp³-hybridized carbons (Fsp3) is 0.462. The molecule has 4 N–H and O–H groups in total. The second-order valence-electron chi connectivity index (χ2n) is 5.04. The van der Waals surface area contributed by atoms with Crippen LogP contribution in [0, 0.1) is 0 Å². The van der Waals surface area contributed by atoms with Crippen molar-refractivity contribution in [2.75, 3.05) is 17.6 Å². The second kappa shape index (κ2) is 5.08. The fourth-order valence-corrected chi connectivity index (χ4v) is 1.48. The van der Waals surface area contributed by atoms with Gasteiger partial charge in [0.25, 0.3) is 5.91 Å². The van der Waals surface area contributed by atoms with Crippen LogP contribution in [-0.2, 0) is 0 Å². The van der Waals surface area contributed by atoms with Crippen molar-refractivity contribution in [1.82, 2.24) is 5.32 Å². The summed E-state index contributed by atoms with van der Waals surface area (Å²) in [5.74, 6) is -0.0958. The van der Waals surface area contributed by atoms with E-state index in [0.717, 1.165) is 5.69 Å². The molecule has 0 aromatic heterocycles. The van der Waals surface area contributed by atoms with Crippen LogP contribution in [0.15, 0.2) is 18.2 Å². The summed E-state index contributed by atoms with van der Waals surface area (Å²) in [5.41, 5.74) is 7.89. The van der Waals surface area contributed by atoms with E-state index in [9.17, 15) is 4.79 Å². The molecule has 0 unspecified atom stereocenters. The molecule has 0 atom stereocenters. The van der Waals surface area contributed by atoms with Crippen LogP contribution in [0.4, 0.5) is 11.4 Å². The van der Waals surface area contributed by atoms with Crippen LogP contribution in [0.1, 0.15) is 38.1 Å². The highest BCUT2D eigenvalue weighted by molar-refractivity contribution is 5.96. The van der Waals surface area contributed by atoms with Crippen LogP contribution < -0.4 is 16.4 Å². The summed E-state index contributed by atoms with van der Waals surface area (Å²) in [5, 5.41) is 6.03. The van der Waals surface area contributed by atoms with Crippen molar-refractivity contribution in [3.05, 3.63) is 23.8 Å². The van der Waals surface area contributed by atoms with Gasteiger partial charge in [-0.3, -0.25) is 4.79 Å². The number of carbonyl (C=O) groups excluding carboxylic acids is 1. The number of carbonyl (C=O) groups is 1. The van der Waals surface area contributed by atoms with Gasteiger partial charge in [-0.25, -0.2) is 0 Å². The third kappa shape index (κ3) is 3.98. The molecule has 1 aromatic carbocycles. The quantitative estimate of drug-likeness (QED) is 0.704. The lowest BCUT2D eigenvalue weighted by Gasteiger charge is -2.23. The van der Waals surface area contributed by atoms with Crippen molar-refractivity contribution in [3.63, 3.8) is 0 Å². The van der Waals surface area contributed by atoms with Crippen molar-refractivity contribution in [2.24, 2.45) is 0 Å². The van der Waals surface area contributed by atoms with Gasteiger partial charge >= 0.3 is 0 Å². The lowest BCUT2D eigenvalue weighted by Crippen LogP contribution is -2.27. The zero-order chi connectivity index (χ0) is 13.1. The van der Waals surface area contributed by atoms with Crippen LogP contribution in [0.5, 0.6) is 0 Å². The summed E-state index contributed by atoms with van der Waals surface area (Å²) in [6, 6.07) is 5.31. The highest BCUT2D eigenvalue weighted by Gasteiger charge is 2.12. The van der Waals surface area contributed by atoms with Crippen molar-refractivity contribution in [3.8, 4) is 0 Å². The van der Waals surface area contributed by atoms with Crippen molar-refractivity contribution in [1.29, 1.82) is 0 Å². The number of nitrogens with two attached hydrogens (primary N) is 1. The number of hydrogen-bond acceptors (Lipinski definition) is 3. The van der Waals surface area contributed by atoms with Gasteiger partial charge in [-0.2, -0.15) is 0 Å². The molecule has 0 aliphatic heterocycles. The van der Waals surface area contributed by atoms with Crippen LogP contribution in [-0.4, -0.2) is 18.0 Å². The predicted molar refractivity (Wildman–Crippen MR) is 72.2 cm³/mol. The average Bonchev–Trinajstić information content (AvgIpc) is 2.19. The molecule has 4 heteroatoms. The molecular weight excluding hydrogens is 214 g/mol. The van der Waals surface area contributed by atoms with Gasteiger partial charge in [-0.15, -0.1) is 0 Å². The molecule has 4 nitrogen and oxygen atoms in total. The molecule has 1 rings (SSSR count). The summed E-state index contributed by atoms with van der Waals surface area (Å²) in [4.78, 5) is 11.6. The minimum Gasteiger partial charge on any atom is -0.397 e. The standard InChI is InChI=1S/C13H21N3O/c1-5-15-12(17)9-6-7-11(10(14)8-9)16-13(2,3)4/h6-8,16H,5,14H2,1-4H3,(H,15,17). The summed E-state index contributed by atoms with van der Waals surface area (Å²) < 4.78 is 0. The molecule has 0 saturated heterocycles. The molecule has 1 amide bonds. The van der Waals surface area contributed by atoms with E-state index in [1.165, 1.54) is 0 Å². The van der Waals surface area contributed by atoms with Crippen molar-refractivity contribution >= 4 is 17.3 Å². The highest BCUT2D eigenvalue weighted by Crippen LogP contribution is 2.23. The third-order valence-electron chi connectivity index (χ3n) is 2.16. The van der Waals surface area contributed by atoms with E-state index in [1.807, 2.05) is 13.0 Å². The maximum absolute atomic E-state index is 11.6. The van der Waals surface area contributed by atoms with E-state index in [1.54, 1.807) is 12.1 Å².